The molecule has 1 unspecified atom stereocenters. The Kier molecular flexibility index (Phi) is 3.96. The van der Waals surface area contributed by atoms with Gasteiger partial charge in [-0.15, -0.1) is 0 Å². The lowest BCUT2D eigenvalue weighted by Gasteiger charge is -2.23. The number of benzene rings is 2. The predicted molar refractivity (Wildman–Crippen MR) is 83.3 cm³/mol. The van der Waals surface area contributed by atoms with Crippen LogP contribution in [0.2, 0.25) is 0 Å². The van der Waals surface area contributed by atoms with Gasteiger partial charge in [-0.25, -0.2) is 4.39 Å². The zero-order valence-corrected chi connectivity index (χ0v) is 12.7. The first-order chi connectivity index (χ1) is 10.1. The molecule has 1 aliphatic rings. The van der Waals surface area contributed by atoms with Crippen LogP contribution in [-0.4, -0.2) is 0 Å². The van der Waals surface area contributed by atoms with Gasteiger partial charge in [-0.1, -0.05) is 25.1 Å². The van der Waals surface area contributed by atoms with Crippen molar-refractivity contribution in [3.05, 3.63) is 64.5 Å². The maximum atomic E-state index is 13.8. The third kappa shape index (κ3) is 3.10. The molecule has 0 radical (unpaired) electrons. The van der Waals surface area contributed by atoms with Crippen molar-refractivity contribution < 1.29 is 9.13 Å². The molecule has 3 rings (SSSR count). The fourth-order valence-corrected chi connectivity index (χ4v) is 3.03. The Morgan fingerprint density at radius 2 is 2.05 bits per heavy atom. The van der Waals surface area contributed by atoms with Gasteiger partial charge in [-0.3, -0.25) is 0 Å². The van der Waals surface area contributed by atoms with E-state index < -0.39 is 0 Å². The SMILES string of the molecule is Cc1ccc(COc2ccc3c(c2)C(C)CCC3)c(F)c1. The average molecular weight is 284 g/mol. The van der Waals surface area contributed by atoms with Crippen molar-refractivity contribution in [2.45, 2.75) is 45.6 Å². The topological polar surface area (TPSA) is 9.23 Å². The molecule has 1 aliphatic carbocycles. The quantitative estimate of drug-likeness (QED) is 0.757. The van der Waals surface area contributed by atoms with Crippen molar-refractivity contribution in [2.75, 3.05) is 0 Å². The molecule has 0 N–H and O–H groups in total. The molecular formula is C19H21FO. The Labute approximate surface area is 125 Å². The number of ether oxygens (including phenoxy) is 1. The van der Waals surface area contributed by atoms with E-state index in [-0.39, 0.29) is 12.4 Å². The number of hydrogen-bond donors (Lipinski definition) is 0. The number of fused-ring (bicyclic) bond motifs is 1. The minimum atomic E-state index is -0.193. The van der Waals surface area contributed by atoms with Gasteiger partial charge in [0, 0.05) is 5.56 Å². The summed E-state index contributed by atoms with van der Waals surface area (Å²) >= 11 is 0. The van der Waals surface area contributed by atoms with Crippen molar-refractivity contribution in [2.24, 2.45) is 0 Å². The fourth-order valence-electron chi connectivity index (χ4n) is 3.03. The average Bonchev–Trinajstić information content (AvgIpc) is 2.47. The standard InChI is InChI=1S/C19H21FO/c1-13-6-7-16(19(20)10-13)12-21-17-9-8-15-5-3-4-14(2)18(15)11-17/h6-11,14H,3-5,12H2,1-2H3. The molecule has 1 atom stereocenters. The Morgan fingerprint density at radius 1 is 1.19 bits per heavy atom. The Balaban J connectivity index is 1.75. The van der Waals surface area contributed by atoms with Crippen molar-refractivity contribution in [1.29, 1.82) is 0 Å². The molecule has 110 valence electrons. The molecular weight excluding hydrogens is 263 g/mol. The van der Waals surface area contributed by atoms with E-state index in [1.807, 2.05) is 19.1 Å². The summed E-state index contributed by atoms with van der Waals surface area (Å²) in [7, 11) is 0. The highest BCUT2D eigenvalue weighted by Gasteiger charge is 2.16. The zero-order valence-electron chi connectivity index (χ0n) is 12.7. The second kappa shape index (κ2) is 5.88. The lowest BCUT2D eigenvalue weighted by Crippen LogP contribution is -2.07. The third-order valence-corrected chi connectivity index (χ3v) is 4.33. The first kappa shape index (κ1) is 14.1. The largest absolute Gasteiger partial charge is 0.489 e. The van der Waals surface area contributed by atoms with E-state index in [4.69, 9.17) is 4.74 Å². The number of aryl methyl sites for hydroxylation is 2. The normalized spacial score (nSPS) is 17.4. The van der Waals surface area contributed by atoms with Crippen molar-refractivity contribution in [1.82, 2.24) is 0 Å². The van der Waals surface area contributed by atoms with Crippen molar-refractivity contribution in [3.63, 3.8) is 0 Å². The van der Waals surface area contributed by atoms with Crippen LogP contribution in [0.3, 0.4) is 0 Å². The Bertz CT molecular complexity index is 648. The summed E-state index contributed by atoms with van der Waals surface area (Å²) in [6.45, 7) is 4.43. The second-order valence-corrected chi connectivity index (χ2v) is 6.04. The summed E-state index contributed by atoms with van der Waals surface area (Å²) < 4.78 is 19.6. The maximum absolute atomic E-state index is 13.8. The maximum Gasteiger partial charge on any atom is 0.130 e. The highest BCUT2D eigenvalue weighted by molar-refractivity contribution is 5.39. The van der Waals surface area contributed by atoms with Crippen LogP contribution in [0.1, 0.15) is 47.9 Å². The van der Waals surface area contributed by atoms with Crippen LogP contribution < -0.4 is 4.74 Å². The predicted octanol–water partition coefficient (Wildman–Crippen LogP) is 5.15. The zero-order chi connectivity index (χ0) is 14.8. The lowest BCUT2D eigenvalue weighted by atomic mass is 9.84. The smallest absolute Gasteiger partial charge is 0.130 e. The molecule has 0 fully saturated rings. The summed E-state index contributed by atoms with van der Waals surface area (Å²) in [5, 5.41) is 0. The molecule has 2 heteroatoms. The van der Waals surface area contributed by atoms with Crippen LogP contribution in [0.25, 0.3) is 0 Å². The van der Waals surface area contributed by atoms with E-state index in [9.17, 15) is 4.39 Å². The van der Waals surface area contributed by atoms with Crippen LogP contribution in [0, 0.1) is 12.7 Å². The number of halogens is 1. The van der Waals surface area contributed by atoms with E-state index in [0.717, 1.165) is 17.7 Å². The molecule has 0 saturated carbocycles. The molecule has 2 aromatic carbocycles. The van der Waals surface area contributed by atoms with Gasteiger partial charge in [-0.2, -0.15) is 0 Å². The Hall–Kier alpha value is -1.83. The van der Waals surface area contributed by atoms with Crippen LogP contribution in [0.15, 0.2) is 36.4 Å². The molecule has 0 saturated heterocycles. The summed E-state index contributed by atoms with van der Waals surface area (Å²) in [6, 6.07) is 11.6. The second-order valence-electron chi connectivity index (χ2n) is 6.04. The summed E-state index contributed by atoms with van der Waals surface area (Å²) in [4.78, 5) is 0. The van der Waals surface area contributed by atoms with Crippen LogP contribution in [0.4, 0.5) is 4.39 Å². The van der Waals surface area contributed by atoms with E-state index in [1.165, 1.54) is 24.0 Å². The van der Waals surface area contributed by atoms with Crippen molar-refractivity contribution >= 4 is 0 Å². The minimum absolute atomic E-state index is 0.193. The van der Waals surface area contributed by atoms with Gasteiger partial charge in [-0.05, 0) is 67.0 Å². The van der Waals surface area contributed by atoms with Crippen LogP contribution >= 0.6 is 0 Å². The van der Waals surface area contributed by atoms with E-state index in [2.05, 4.69) is 19.1 Å². The van der Waals surface area contributed by atoms with Crippen LogP contribution in [-0.2, 0) is 13.0 Å². The highest BCUT2D eigenvalue weighted by atomic mass is 19.1. The van der Waals surface area contributed by atoms with E-state index in [1.54, 1.807) is 12.1 Å². The van der Waals surface area contributed by atoms with Crippen molar-refractivity contribution in [3.8, 4) is 5.75 Å². The molecule has 0 amide bonds. The number of hydrogen-bond acceptors (Lipinski definition) is 1. The summed E-state index contributed by atoms with van der Waals surface area (Å²) in [5.41, 5.74) is 4.36. The van der Waals surface area contributed by atoms with Gasteiger partial charge >= 0.3 is 0 Å². The highest BCUT2D eigenvalue weighted by Crippen LogP contribution is 2.33. The summed E-state index contributed by atoms with van der Waals surface area (Å²) in [5.74, 6) is 1.23. The molecule has 2 aromatic rings. The van der Waals surface area contributed by atoms with Gasteiger partial charge in [0.1, 0.15) is 18.2 Å². The molecule has 21 heavy (non-hydrogen) atoms. The molecule has 0 aliphatic heterocycles. The fraction of sp³-hybridized carbons (Fsp3) is 0.368. The lowest BCUT2D eigenvalue weighted by molar-refractivity contribution is 0.299. The molecule has 0 heterocycles. The monoisotopic (exact) mass is 284 g/mol. The Morgan fingerprint density at radius 3 is 2.86 bits per heavy atom. The molecule has 0 aromatic heterocycles. The van der Waals surface area contributed by atoms with E-state index >= 15 is 0 Å². The van der Waals surface area contributed by atoms with Gasteiger partial charge in [0.2, 0.25) is 0 Å². The van der Waals surface area contributed by atoms with Gasteiger partial charge in [0.05, 0.1) is 0 Å². The first-order valence-electron chi connectivity index (χ1n) is 7.64. The molecule has 0 spiro atoms. The molecule has 0 bridgehead atoms. The van der Waals surface area contributed by atoms with E-state index in [0.29, 0.717) is 11.5 Å². The summed E-state index contributed by atoms with van der Waals surface area (Å²) in [6.07, 6.45) is 3.67. The molecule has 1 nitrogen and oxygen atoms in total. The minimum Gasteiger partial charge on any atom is -0.489 e. The first-order valence-corrected chi connectivity index (χ1v) is 7.64. The van der Waals surface area contributed by atoms with Gasteiger partial charge in [0.25, 0.3) is 0 Å². The number of rotatable bonds is 3. The third-order valence-electron chi connectivity index (χ3n) is 4.33. The van der Waals surface area contributed by atoms with Crippen LogP contribution in [0.5, 0.6) is 5.75 Å². The van der Waals surface area contributed by atoms with Gasteiger partial charge < -0.3 is 4.74 Å². The van der Waals surface area contributed by atoms with Gasteiger partial charge in [0.15, 0.2) is 0 Å².